The van der Waals surface area contributed by atoms with Crippen molar-refractivity contribution in [1.29, 1.82) is 0 Å². The highest BCUT2D eigenvalue weighted by molar-refractivity contribution is 8.48. The summed E-state index contributed by atoms with van der Waals surface area (Å²) in [5.41, 5.74) is 0. The van der Waals surface area contributed by atoms with Gasteiger partial charge in [-0.2, -0.15) is 0 Å². The second-order valence-corrected chi connectivity index (χ2v) is 22.7. The van der Waals surface area contributed by atoms with Crippen LogP contribution in [0.3, 0.4) is 0 Å². The number of esters is 2. The van der Waals surface area contributed by atoms with Crippen molar-refractivity contribution in [3.8, 4) is 0 Å². The third-order valence-corrected chi connectivity index (χ3v) is 17.5. The molecule has 0 N–H and O–H groups in total. The predicted octanol–water partition coefficient (Wildman–Crippen LogP) is 6.45. The quantitative estimate of drug-likeness (QED) is 0.0439. The van der Waals surface area contributed by atoms with Crippen LogP contribution >= 0.6 is 71.5 Å². The lowest BCUT2D eigenvalue weighted by Crippen LogP contribution is -2.42. The van der Waals surface area contributed by atoms with Gasteiger partial charge in [0.2, 0.25) is 0 Å². The van der Waals surface area contributed by atoms with Crippen molar-refractivity contribution < 1.29 is 45.6 Å². The van der Waals surface area contributed by atoms with E-state index in [9.17, 15) is 9.59 Å². The molecule has 0 aliphatic rings. The van der Waals surface area contributed by atoms with Crippen LogP contribution in [-0.4, -0.2) is 114 Å². The second-order valence-electron chi connectivity index (χ2n) is 9.26. The van der Waals surface area contributed by atoms with Crippen molar-refractivity contribution in [3.63, 3.8) is 0 Å². The first-order chi connectivity index (χ1) is 21.0. The van der Waals surface area contributed by atoms with E-state index in [1.54, 1.807) is 56.5 Å². The third-order valence-electron chi connectivity index (χ3n) is 6.30. The second kappa shape index (κ2) is 26.6. The third kappa shape index (κ3) is 19.5. The van der Waals surface area contributed by atoms with Crippen molar-refractivity contribution in [3.05, 3.63) is 0 Å². The van der Waals surface area contributed by atoms with Crippen molar-refractivity contribution in [2.24, 2.45) is 0 Å². The van der Waals surface area contributed by atoms with Gasteiger partial charge in [-0.25, -0.2) is 0 Å². The Morgan fingerprint density at radius 1 is 0.568 bits per heavy atom. The van der Waals surface area contributed by atoms with E-state index in [0.29, 0.717) is 32.4 Å². The van der Waals surface area contributed by atoms with Crippen LogP contribution in [0.4, 0.5) is 0 Å². The normalized spacial score (nSPS) is 13.4. The number of ether oxygens (including phenoxy) is 2. The van der Waals surface area contributed by atoms with Gasteiger partial charge in [0, 0.05) is 54.7 Å². The number of unbranched alkanes of at least 4 members (excludes halogenated alkanes) is 3. The number of hydrogen-bond donors (Lipinski definition) is 0. The number of carbonyl (C=O) groups is 2. The Labute approximate surface area is 294 Å². The Morgan fingerprint density at radius 3 is 1.18 bits per heavy atom. The molecule has 18 heteroatoms. The average Bonchev–Trinajstić information content (AvgIpc) is 3.02. The van der Waals surface area contributed by atoms with Crippen molar-refractivity contribution >= 4 is 108 Å². The molecule has 0 amide bonds. The highest BCUT2D eigenvalue weighted by atomic mass is 32.2. The van der Waals surface area contributed by atoms with E-state index in [0.717, 1.165) is 50.0 Å². The summed E-state index contributed by atoms with van der Waals surface area (Å²) in [4.78, 5) is 24.6. The topological polar surface area (TPSA) is 108 Å². The molecule has 0 fully saturated rings. The van der Waals surface area contributed by atoms with Crippen molar-refractivity contribution in [1.82, 2.24) is 0 Å². The molecule has 44 heavy (non-hydrogen) atoms. The summed E-state index contributed by atoms with van der Waals surface area (Å²) >= 11 is 16.6. The monoisotopic (exact) mass is 770 g/mol. The summed E-state index contributed by atoms with van der Waals surface area (Å²) in [6.07, 6.45) is 4.92. The van der Waals surface area contributed by atoms with Gasteiger partial charge in [-0.3, -0.25) is 9.59 Å². The fourth-order valence-electron chi connectivity index (χ4n) is 3.59. The van der Waals surface area contributed by atoms with E-state index >= 15 is 0 Å². The number of thiocarbonyl (C=S) groups is 2. The molecule has 0 aromatic carbocycles. The molecule has 2 atom stereocenters. The molecule has 0 bridgehead atoms. The van der Waals surface area contributed by atoms with Gasteiger partial charge in [0.1, 0.15) is 17.6 Å². The van der Waals surface area contributed by atoms with Crippen molar-refractivity contribution in [2.75, 3.05) is 67.4 Å². The first-order valence-electron chi connectivity index (χ1n) is 14.3. The maximum absolute atomic E-state index is 12.3. The van der Waals surface area contributed by atoms with Gasteiger partial charge >= 0.3 is 29.5 Å². The lowest BCUT2D eigenvalue weighted by molar-refractivity contribution is -0.143. The van der Waals surface area contributed by atoms with E-state index < -0.39 is 17.6 Å². The van der Waals surface area contributed by atoms with Gasteiger partial charge < -0.3 is 36.0 Å². The van der Waals surface area contributed by atoms with Crippen LogP contribution in [0.1, 0.15) is 52.4 Å². The van der Waals surface area contributed by atoms with Gasteiger partial charge in [0.25, 0.3) is 0 Å². The highest BCUT2D eigenvalue weighted by Gasteiger charge is 2.37. The summed E-state index contributed by atoms with van der Waals surface area (Å²) < 4.78 is 44.8. The first kappa shape index (κ1) is 44.7. The molecular weight excluding hydrogens is 721 g/mol. The molecule has 0 saturated heterocycles. The largest absolute Gasteiger partial charge is 0.500 e. The molecule has 0 aromatic heterocycles. The van der Waals surface area contributed by atoms with Crippen LogP contribution in [-0.2, 0) is 45.6 Å². The van der Waals surface area contributed by atoms with Crippen LogP contribution in [0.25, 0.3) is 0 Å². The van der Waals surface area contributed by atoms with Crippen molar-refractivity contribution in [2.45, 2.75) is 75.0 Å². The van der Waals surface area contributed by atoms with Gasteiger partial charge in [-0.05, 0) is 63.9 Å². The lowest BCUT2D eigenvalue weighted by Gasteiger charge is -2.24. The van der Waals surface area contributed by atoms with E-state index in [1.807, 2.05) is 0 Å². The minimum absolute atomic E-state index is 0.270. The molecule has 10 nitrogen and oxygen atoms in total. The molecule has 0 aliphatic heterocycles. The molecule has 2 unspecified atom stereocenters. The number of hydrogen-bond acceptors (Lipinski definition) is 16. The zero-order valence-corrected chi connectivity index (χ0v) is 34.1. The van der Waals surface area contributed by atoms with Crippen LogP contribution in [0.15, 0.2) is 0 Å². The number of rotatable bonds is 25. The van der Waals surface area contributed by atoms with Crippen LogP contribution in [0.2, 0.25) is 12.1 Å². The maximum atomic E-state index is 12.3. The lowest BCUT2D eigenvalue weighted by atomic mass is 10.2. The Morgan fingerprint density at radius 2 is 0.886 bits per heavy atom. The summed E-state index contributed by atoms with van der Waals surface area (Å²) in [5.74, 6) is 1.05. The highest BCUT2D eigenvalue weighted by Crippen LogP contribution is 2.27. The fourth-order valence-corrected chi connectivity index (χ4v) is 12.6. The molecular formula is C26H50O10S6Si2. The molecule has 258 valence electrons. The molecule has 0 radical (unpaired) electrons. The first-order valence-corrected chi connectivity index (χ1v) is 22.7. The Kier molecular flexibility index (Phi) is 27.1. The van der Waals surface area contributed by atoms with Crippen LogP contribution in [0, 0.1) is 0 Å². The molecule has 0 heterocycles. The molecule has 0 rings (SSSR count). The Bertz CT molecular complexity index is 755. The SMILES string of the molecule is CO[Si](CCCSC(=S)SC(C)C(=O)OCCCCCCOC(=O)C(C)SC(=S)SCCC[Si](OC)(OC)OC)(OC)OC. The molecule has 0 aliphatic carbocycles. The van der Waals surface area contributed by atoms with Gasteiger partial charge in [-0.1, -0.05) is 48.0 Å². The predicted molar refractivity (Wildman–Crippen MR) is 197 cm³/mol. The summed E-state index contributed by atoms with van der Waals surface area (Å²) in [6, 6.07) is 1.40. The average molecular weight is 771 g/mol. The standard InChI is InChI=1S/C26H50O10S6Si2/c1-21(41-25(37)39-17-13-19-43(29-3,30-4)31-5)23(27)35-15-11-9-10-12-16-36-24(28)22(2)42-26(38)40-18-14-20-44(32-6,33-7)34-8/h21-22H,9-20H2,1-8H3. The van der Waals surface area contributed by atoms with Crippen LogP contribution in [0.5, 0.6) is 0 Å². The molecule has 0 saturated carbocycles. The summed E-state index contributed by atoms with van der Waals surface area (Å²) in [5, 5.41) is -0.733. The van der Waals surface area contributed by atoms with E-state index in [1.165, 1.54) is 47.0 Å². The zero-order valence-electron chi connectivity index (χ0n) is 27.2. The maximum Gasteiger partial charge on any atom is 0.500 e. The fraction of sp³-hybridized carbons (Fsp3) is 0.846. The minimum atomic E-state index is -2.57. The number of thioether (sulfide) groups is 4. The number of carbonyl (C=O) groups excluding carboxylic acids is 2. The minimum Gasteiger partial charge on any atom is -0.465 e. The smallest absolute Gasteiger partial charge is 0.465 e. The van der Waals surface area contributed by atoms with Gasteiger partial charge in [-0.15, -0.1) is 23.5 Å². The van der Waals surface area contributed by atoms with Crippen LogP contribution < -0.4 is 0 Å². The molecule has 0 spiro atoms. The summed E-state index contributed by atoms with van der Waals surface area (Å²) in [7, 11) is 4.45. The Balaban J connectivity index is 3.94. The Hall–Kier alpha value is 0.714. The van der Waals surface area contributed by atoms with E-state index in [-0.39, 0.29) is 22.4 Å². The van der Waals surface area contributed by atoms with Gasteiger partial charge in [0.05, 0.1) is 13.2 Å². The van der Waals surface area contributed by atoms with E-state index in [2.05, 4.69) is 0 Å². The summed E-state index contributed by atoms with van der Waals surface area (Å²) in [6.45, 7) is 4.32. The van der Waals surface area contributed by atoms with E-state index in [4.69, 9.17) is 60.5 Å². The zero-order chi connectivity index (χ0) is 33.4. The molecule has 0 aromatic rings. The van der Waals surface area contributed by atoms with Gasteiger partial charge in [0.15, 0.2) is 0 Å².